The number of hydrogen-bond donors (Lipinski definition) is 0. The van der Waals surface area contributed by atoms with Gasteiger partial charge in [0.2, 0.25) is 5.91 Å². The Morgan fingerprint density at radius 1 is 1.03 bits per heavy atom. The molecule has 1 fully saturated rings. The number of ether oxygens (including phenoxy) is 1. The molecule has 1 aromatic heterocycles. The third kappa shape index (κ3) is 4.48. The minimum Gasteiger partial charge on any atom is -0.496 e. The molecule has 1 aliphatic heterocycles. The molecule has 0 spiro atoms. The lowest BCUT2D eigenvalue weighted by Gasteiger charge is -2.25. The summed E-state index contributed by atoms with van der Waals surface area (Å²) in [7, 11) is 1.69. The van der Waals surface area contributed by atoms with Gasteiger partial charge in [0.1, 0.15) is 5.75 Å². The first-order chi connectivity index (χ1) is 14.2. The summed E-state index contributed by atoms with van der Waals surface area (Å²) in [6.45, 7) is 0.800. The molecule has 1 atom stereocenters. The smallest absolute Gasteiger partial charge is 0.227 e. The molecule has 2 aromatic carbocycles. The van der Waals surface area contributed by atoms with E-state index < -0.39 is 0 Å². The maximum Gasteiger partial charge on any atom is 0.227 e. The highest BCUT2D eigenvalue weighted by Crippen LogP contribution is 2.32. The van der Waals surface area contributed by atoms with Crippen molar-refractivity contribution < 1.29 is 9.53 Å². The number of methoxy groups -OCH3 is 1. The zero-order chi connectivity index (χ0) is 20.1. The number of aromatic nitrogens is 1. The Bertz CT molecular complexity index is 971. The van der Waals surface area contributed by atoms with Crippen molar-refractivity contribution in [2.45, 2.75) is 31.7 Å². The van der Waals surface area contributed by atoms with E-state index >= 15 is 0 Å². The highest BCUT2D eigenvalue weighted by atomic mass is 16.5. The van der Waals surface area contributed by atoms with Gasteiger partial charge in [-0.3, -0.25) is 9.78 Å². The highest BCUT2D eigenvalue weighted by Gasteiger charge is 2.30. The van der Waals surface area contributed by atoms with Crippen LogP contribution in [0.15, 0.2) is 72.8 Å². The first-order valence-electron chi connectivity index (χ1n) is 10.2. The van der Waals surface area contributed by atoms with Crippen LogP contribution in [0.1, 0.15) is 41.4 Å². The Morgan fingerprint density at radius 2 is 1.83 bits per heavy atom. The van der Waals surface area contributed by atoms with Gasteiger partial charge < -0.3 is 9.64 Å². The summed E-state index contributed by atoms with van der Waals surface area (Å²) in [5.74, 6) is 1.05. The highest BCUT2D eigenvalue weighted by molar-refractivity contribution is 5.79. The Balaban J connectivity index is 1.51. The van der Waals surface area contributed by atoms with Gasteiger partial charge in [-0.2, -0.15) is 0 Å². The first kappa shape index (κ1) is 19.2. The molecule has 0 aliphatic carbocycles. The second kappa shape index (κ2) is 8.91. The molecule has 148 valence electrons. The Kier molecular flexibility index (Phi) is 5.89. The van der Waals surface area contributed by atoms with Crippen LogP contribution in [0, 0.1) is 0 Å². The molecule has 1 aliphatic rings. The number of pyridine rings is 1. The standard InChI is InChI=1S/C25H26N2O2/c1-29-24-15-6-5-11-20(24)18-21-12-7-13-22(26-21)23-14-8-16-27(23)25(28)17-19-9-3-2-4-10-19/h2-7,9-13,15,23H,8,14,16-18H2,1H3. The maximum absolute atomic E-state index is 12.9. The summed E-state index contributed by atoms with van der Waals surface area (Å²) < 4.78 is 5.47. The van der Waals surface area contributed by atoms with Crippen molar-refractivity contribution in [3.63, 3.8) is 0 Å². The van der Waals surface area contributed by atoms with Crippen molar-refractivity contribution in [2.75, 3.05) is 13.7 Å². The van der Waals surface area contributed by atoms with Crippen LogP contribution in [-0.4, -0.2) is 29.4 Å². The molecule has 3 aromatic rings. The lowest BCUT2D eigenvalue weighted by Crippen LogP contribution is -2.32. The number of hydrogen-bond acceptors (Lipinski definition) is 3. The summed E-state index contributed by atoms with van der Waals surface area (Å²) >= 11 is 0. The number of rotatable bonds is 6. The second-order valence-corrected chi connectivity index (χ2v) is 7.45. The predicted molar refractivity (Wildman–Crippen MR) is 114 cm³/mol. The topological polar surface area (TPSA) is 42.4 Å². The van der Waals surface area contributed by atoms with E-state index in [9.17, 15) is 4.79 Å². The van der Waals surface area contributed by atoms with E-state index in [4.69, 9.17) is 9.72 Å². The average Bonchev–Trinajstić information content (AvgIpc) is 3.25. The average molecular weight is 386 g/mol. The Hall–Kier alpha value is -3.14. The van der Waals surface area contributed by atoms with E-state index in [2.05, 4.69) is 6.07 Å². The van der Waals surface area contributed by atoms with Crippen LogP contribution in [0.2, 0.25) is 0 Å². The summed E-state index contributed by atoms with van der Waals surface area (Å²) in [6.07, 6.45) is 3.13. The third-order valence-corrected chi connectivity index (χ3v) is 5.51. The fourth-order valence-electron chi connectivity index (χ4n) is 4.07. The van der Waals surface area contributed by atoms with E-state index in [0.29, 0.717) is 12.8 Å². The zero-order valence-corrected chi connectivity index (χ0v) is 16.8. The van der Waals surface area contributed by atoms with Crippen LogP contribution >= 0.6 is 0 Å². The first-order valence-corrected chi connectivity index (χ1v) is 10.2. The molecule has 29 heavy (non-hydrogen) atoms. The Morgan fingerprint density at radius 3 is 2.66 bits per heavy atom. The van der Waals surface area contributed by atoms with Gasteiger partial charge in [0.25, 0.3) is 0 Å². The number of amides is 1. The van der Waals surface area contributed by atoms with Crippen LogP contribution in [0.5, 0.6) is 5.75 Å². The molecule has 0 saturated carbocycles. The summed E-state index contributed by atoms with van der Waals surface area (Å²) in [6, 6.07) is 24.2. The second-order valence-electron chi connectivity index (χ2n) is 7.45. The van der Waals surface area contributed by atoms with E-state index in [1.807, 2.05) is 71.6 Å². The van der Waals surface area contributed by atoms with Gasteiger partial charge in [0.05, 0.1) is 25.3 Å². The van der Waals surface area contributed by atoms with Crippen LogP contribution < -0.4 is 4.74 Å². The zero-order valence-electron chi connectivity index (χ0n) is 16.8. The molecule has 4 heteroatoms. The van der Waals surface area contributed by atoms with Gasteiger partial charge in [0.15, 0.2) is 0 Å². The predicted octanol–water partition coefficient (Wildman–Crippen LogP) is 4.59. The van der Waals surface area contributed by atoms with Gasteiger partial charge in [0, 0.05) is 24.2 Å². The number of nitrogens with zero attached hydrogens (tertiary/aromatic N) is 2. The van der Waals surface area contributed by atoms with Gasteiger partial charge in [-0.05, 0) is 36.6 Å². The van der Waals surface area contributed by atoms with Crippen molar-refractivity contribution in [2.24, 2.45) is 0 Å². The molecule has 0 bridgehead atoms. The van der Waals surface area contributed by atoms with E-state index in [0.717, 1.165) is 47.7 Å². The molecule has 1 saturated heterocycles. The number of likely N-dealkylation sites (tertiary alicyclic amines) is 1. The third-order valence-electron chi connectivity index (χ3n) is 5.51. The van der Waals surface area contributed by atoms with Gasteiger partial charge in [-0.25, -0.2) is 0 Å². The quantitative estimate of drug-likeness (QED) is 0.622. The summed E-state index contributed by atoms with van der Waals surface area (Å²) in [4.78, 5) is 19.9. The molecule has 0 N–H and O–H groups in total. The van der Waals surface area contributed by atoms with Gasteiger partial charge >= 0.3 is 0 Å². The van der Waals surface area contributed by atoms with Crippen molar-refractivity contribution >= 4 is 5.91 Å². The number of benzene rings is 2. The van der Waals surface area contributed by atoms with Crippen molar-refractivity contribution in [3.05, 3.63) is 95.3 Å². The lowest BCUT2D eigenvalue weighted by atomic mass is 10.1. The molecule has 0 radical (unpaired) electrons. The number of carbonyl (C=O) groups excluding carboxylic acids is 1. The molecular formula is C25H26N2O2. The Labute approximate surface area is 172 Å². The molecule has 4 nitrogen and oxygen atoms in total. The van der Waals surface area contributed by atoms with Crippen molar-refractivity contribution in [1.82, 2.24) is 9.88 Å². The van der Waals surface area contributed by atoms with Crippen LogP contribution in [0.25, 0.3) is 0 Å². The number of carbonyl (C=O) groups is 1. The molecule has 1 amide bonds. The summed E-state index contributed by atoms with van der Waals surface area (Å²) in [5, 5.41) is 0. The molecule has 1 unspecified atom stereocenters. The fourth-order valence-corrected chi connectivity index (χ4v) is 4.07. The van der Waals surface area contributed by atoms with Crippen LogP contribution in [-0.2, 0) is 17.6 Å². The van der Waals surface area contributed by atoms with Crippen molar-refractivity contribution in [3.8, 4) is 5.75 Å². The maximum atomic E-state index is 12.9. The van der Waals surface area contributed by atoms with Gasteiger partial charge in [-0.15, -0.1) is 0 Å². The minimum atomic E-state index is 0.0591. The number of para-hydroxylation sites is 1. The monoisotopic (exact) mass is 386 g/mol. The van der Waals surface area contributed by atoms with Crippen molar-refractivity contribution in [1.29, 1.82) is 0 Å². The van der Waals surface area contributed by atoms with E-state index in [1.54, 1.807) is 7.11 Å². The van der Waals surface area contributed by atoms with E-state index in [1.165, 1.54) is 0 Å². The molecular weight excluding hydrogens is 360 g/mol. The lowest BCUT2D eigenvalue weighted by molar-refractivity contribution is -0.131. The normalized spacial score (nSPS) is 16.0. The van der Waals surface area contributed by atoms with Crippen LogP contribution in [0.3, 0.4) is 0 Å². The molecule has 2 heterocycles. The summed E-state index contributed by atoms with van der Waals surface area (Å²) in [5.41, 5.74) is 4.15. The van der Waals surface area contributed by atoms with Gasteiger partial charge in [-0.1, -0.05) is 54.6 Å². The SMILES string of the molecule is COc1ccccc1Cc1cccc(C2CCCN2C(=O)Cc2ccccc2)n1. The molecule has 4 rings (SSSR count). The minimum absolute atomic E-state index is 0.0591. The van der Waals surface area contributed by atoms with Crippen LogP contribution in [0.4, 0.5) is 0 Å². The van der Waals surface area contributed by atoms with E-state index in [-0.39, 0.29) is 11.9 Å². The largest absolute Gasteiger partial charge is 0.496 e. The fraction of sp³-hybridized carbons (Fsp3) is 0.280.